The SMILES string of the molecule is COc1c(-c2nnc(Cc3ccccc3)o2)nc(Br)c2cccnc12. The van der Waals surface area contributed by atoms with Crippen molar-refractivity contribution >= 4 is 26.8 Å². The second kappa shape index (κ2) is 6.60. The molecule has 0 aliphatic carbocycles. The maximum atomic E-state index is 5.81. The monoisotopic (exact) mass is 396 g/mol. The van der Waals surface area contributed by atoms with Gasteiger partial charge in [0, 0.05) is 11.6 Å². The van der Waals surface area contributed by atoms with Crippen molar-refractivity contribution < 1.29 is 9.15 Å². The van der Waals surface area contributed by atoms with Crippen molar-refractivity contribution in [3.8, 4) is 17.3 Å². The second-order valence-corrected chi connectivity index (χ2v) is 6.10. The van der Waals surface area contributed by atoms with Gasteiger partial charge in [0.25, 0.3) is 5.89 Å². The van der Waals surface area contributed by atoms with Crippen LogP contribution in [0.2, 0.25) is 0 Å². The fourth-order valence-electron chi connectivity index (χ4n) is 2.60. The van der Waals surface area contributed by atoms with Gasteiger partial charge in [0.2, 0.25) is 5.89 Å². The molecular weight excluding hydrogens is 384 g/mol. The minimum absolute atomic E-state index is 0.302. The van der Waals surface area contributed by atoms with Crippen LogP contribution in [0, 0.1) is 0 Å². The van der Waals surface area contributed by atoms with Gasteiger partial charge in [-0.25, -0.2) is 4.98 Å². The third-order valence-electron chi connectivity index (χ3n) is 3.74. The maximum Gasteiger partial charge on any atom is 0.270 e. The van der Waals surface area contributed by atoms with Gasteiger partial charge < -0.3 is 9.15 Å². The third-order valence-corrected chi connectivity index (χ3v) is 4.35. The molecule has 25 heavy (non-hydrogen) atoms. The third kappa shape index (κ3) is 2.98. The van der Waals surface area contributed by atoms with Crippen LogP contribution in [-0.4, -0.2) is 27.3 Å². The van der Waals surface area contributed by atoms with E-state index in [1.54, 1.807) is 13.3 Å². The zero-order valence-electron chi connectivity index (χ0n) is 13.3. The van der Waals surface area contributed by atoms with Crippen LogP contribution in [0.4, 0.5) is 0 Å². The molecule has 0 atom stereocenters. The normalized spacial score (nSPS) is 11.0. The average Bonchev–Trinajstić information content (AvgIpc) is 3.11. The first kappa shape index (κ1) is 15.7. The molecule has 0 aliphatic heterocycles. The fraction of sp³-hybridized carbons (Fsp3) is 0.111. The lowest BCUT2D eigenvalue weighted by molar-refractivity contribution is 0.415. The minimum Gasteiger partial charge on any atom is -0.492 e. The van der Waals surface area contributed by atoms with Crippen LogP contribution in [0.15, 0.2) is 57.7 Å². The molecule has 1 aromatic carbocycles. The summed E-state index contributed by atoms with van der Waals surface area (Å²) in [6.07, 6.45) is 2.26. The summed E-state index contributed by atoms with van der Waals surface area (Å²) in [5.41, 5.74) is 2.25. The van der Waals surface area contributed by atoms with E-state index in [2.05, 4.69) is 36.1 Å². The van der Waals surface area contributed by atoms with E-state index in [1.165, 1.54) is 0 Å². The van der Waals surface area contributed by atoms with Crippen LogP contribution < -0.4 is 4.74 Å². The van der Waals surface area contributed by atoms with E-state index < -0.39 is 0 Å². The molecule has 0 saturated carbocycles. The molecule has 4 aromatic rings. The first-order valence-electron chi connectivity index (χ1n) is 7.61. The number of halogens is 1. The van der Waals surface area contributed by atoms with Crippen LogP contribution in [0.1, 0.15) is 11.5 Å². The Morgan fingerprint density at radius 3 is 2.72 bits per heavy atom. The van der Waals surface area contributed by atoms with E-state index >= 15 is 0 Å². The highest BCUT2D eigenvalue weighted by Gasteiger charge is 2.20. The van der Waals surface area contributed by atoms with Crippen molar-refractivity contribution in [1.82, 2.24) is 20.2 Å². The molecule has 0 radical (unpaired) electrons. The number of fused-ring (bicyclic) bond motifs is 1. The summed E-state index contributed by atoms with van der Waals surface area (Å²) in [5.74, 6) is 1.33. The summed E-state index contributed by atoms with van der Waals surface area (Å²) in [7, 11) is 1.57. The Labute approximate surface area is 152 Å². The lowest BCUT2D eigenvalue weighted by Gasteiger charge is -2.09. The fourth-order valence-corrected chi connectivity index (χ4v) is 3.10. The molecule has 3 aromatic heterocycles. The topological polar surface area (TPSA) is 73.9 Å². The van der Waals surface area contributed by atoms with Crippen molar-refractivity contribution in [2.45, 2.75) is 6.42 Å². The molecule has 4 rings (SSSR count). The van der Waals surface area contributed by atoms with E-state index in [0.29, 0.717) is 39.8 Å². The van der Waals surface area contributed by atoms with E-state index in [4.69, 9.17) is 9.15 Å². The van der Waals surface area contributed by atoms with Gasteiger partial charge in [0.05, 0.1) is 13.5 Å². The number of benzene rings is 1. The van der Waals surface area contributed by atoms with E-state index in [1.807, 2.05) is 42.5 Å². The van der Waals surface area contributed by atoms with Crippen molar-refractivity contribution in [1.29, 1.82) is 0 Å². The first-order chi connectivity index (χ1) is 12.3. The molecule has 6 nitrogen and oxygen atoms in total. The zero-order chi connectivity index (χ0) is 17.2. The van der Waals surface area contributed by atoms with Gasteiger partial charge in [-0.3, -0.25) is 4.98 Å². The summed E-state index contributed by atoms with van der Waals surface area (Å²) >= 11 is 3.47. The van der Waals surface area contributed by atoms with Gasteiger partial charge in [-0.2, -0.15) is 0 Å². The number of hydrogen-bond acceptors (Lipinski definition) is 6. The molecule has 3 heterocycles. The zero-order valence-corrected chi connectivity index (χ0v) is 14.9. The van der Waals surface area contributed by atoms with Gasteiger partial charge in [-0.1, -0.05) is 30.3 Å². The molecule has 0 fully saturated rings. The predicted molar refractivity (Wildman–Crippen MR) is 96.3 cm³/mol. The largest absolute Gasteiger partial charge is 0.492 e. The maximum absolute atomic E-state index is 5.81. The van der Waals surface area contributed by atoms with Gasteiger partial charge in [0.15, 0.2) is 11.4 Å². The molecule has 0 spiro atoms. The Hall–Kier alpha value is -2.80. The number of rotatable bonds is 4. The Morgan fingerprint density at radius 2 is 1.92 bits per heavy atom. The number of ether oxygens (including phenoxy) is 1. The van der Waals surface area contributed by atoms with Crippen molar-refractivity contribution in [3.63, 3.8) is 0 Å². The van der Waals surface area contributed by atoms with Crippen molar-refractivity contribution in [2.24, 2.45) is 0 Å². The smallest absolute Gasteiger partial charge is 0.270 e. The molecule has 7 heteroatoms. The molecule has 0 unspecified atom stereocenters. The van der Waals surface area contributed by atoms with Crippen molar-refractivity contribution in [3.05, 3.63) is 64.7 Å². The first-order valence-corrected chi connectivity index (χ1v) is 8.40. The minimum atomic E-state index is 0.302. The summed E-state index contributed by atoms with van der Waals surface area (Å²) in [5, 5.41) is 9.11. The number of hydrogen-bond donors (Lipinski definition) is 0. The van der Waals surface area contributed by atoms with Crippen molar-refractivity contribution in [2.75, 3.05) is 7.11 Å². The number of nitrogens with zero attached hydrogens (tertiary/aromatic N) is 4. The molecule has 0 aliphatic rings. The van der Waals surface area contributed by atoms with E-state index in [0.717, 1.165) is 10.9 Å². The standard InChI is InChI=1S/C18H13BrN4O2/c1-24-16-14-12(8-5-9-20-14)17(19)21-15(16)18-23-22-13(25-18)10-11-6-3-2-4-7-11/h2-9H,10H2,1H3. The highest BCUT2D eigenvalue weighted by Crippen LogP contribution is 2.36. The Kier molecular flexibility index (Phi) is 4.15. The molecule has 0 amide bonds. The molecule has 0 bridgehead atoms. The highest BCUT2D eigenvalue weighted by molar-refractivity contribution is 9.10. The number of methoxy groups -OCH3 is 1. The van der Waals surface area contributed by atoms with Gasteiger partial charge >= 0.3 is 0 Å². The summed E-state index contributed by atoms with van der Waals surface area (Å²) in [6, 6.07) is 13.7. The summed E-state index contributed by atoms with van der Waals surface area (Å²) < 4.78 is 12.0. The molecule has 124 valence electrons. The Morgan fingerprint density at radius 1 is 1.08 bits per heavy atom. The lowest BCUT2D eigenvalue weighted by atomic mass is 10.2. The predicted octanol–water partition coefficient (Wildman–Crippen LogP) is 4.04. The van der Waals surface area contributed by atoms with Crippen LogP contribution >= 0.6 is 15.9 Å². The van der Waals surface area contributed by atoms with E-state index in [-0.39, 0.29) is 0 Å². The Bertz CT molecular complexity index is 1030. The van der Waals surface area contributed by atoms with Crippen LogP contribution in [0.5, 0.6) is 5.75 Å². The van der Waals surface area contributed by atoms with Gasteiger partial charge in [-0.15, -0.1) is 10.2 Å². The quantitative estimate of drug-likeness (QED) is 0.484. The average molecular weight is 397 g/mol. The molecule has 0 N–H and O–H groups in total. The summed E-state index contributed by atoms with van der Waals surface area (Å²) in [6.45, 7) is 0. The van der Waals surface area contributed by atoms with Crippen LogP contribution in [0.3, 0.4) is 0 Å². The highest BCUT2D eigenvalue weighted by atomic mass is 79.9. The Balaban J connectivity index is 1.77. The van der Waals surface area contributed by atoms with Gasteiger partial charge in [0.1, 0.15) is 10.1 Å². The van der Waals surface area contributed by atoms with E-state index in [9.17, 15) is 0 Å². The van der Waals surface area contributed by atoms with Crippen LogP contribution in [-0.2, 0) is 6.42 Å². The van der Waals surface area contributed by atoms with Gasteiger partial charge in [-0.05, 0) is 33.6 Å². The summed E-state index contributed by atoms with van der Waals surface area (Å²) in [4.78, 5) is 8.91. The number of aromatic nitrogens is 4. The lowest BCUT2D eigenvalue weighted by Crippen LogP contribution is -1.96. The molecular formula is C18H13BrN4O2. The molecule has 0 saturated heterocycles. The number of pyridine rings is 2. The second-order valence-electron chi connectivity index (χ2n) is 5.35. The van der Waals surface area contributed by atoms with Crippen LogP contribution in [0.25, 0.3) is 22.5 Å².